The van der Waals surface area contributed by atoms with Gasteiger partial charge in [-0.25, -0.2) is 4.98 Å². The van der Waals surface area contributed by atoms with Gasteiger partial charge in [0.15, 0.2) is 0 Å². The molecule has 2 heterocycles. The molecule has 1 aliphatic rings. The molecule has 0 amide bonds. The number of ether oxygens (including phenoxy) is 1. The summed E-state index contributed by atoms with van der Waals surface area (Å²) in [4.78, 5) is 6.81. The van der Waals surface area contributed by atoms with Gasteiger partial charge in [0, 0.05) is 17.8 Å². The first kappa shape index (κ1) is 13.1. The first-order valence-corrected chi connectivity index (χ1v) is 7.16. The van der Waals surface area contributed by atoms with Crippen LogP contribution < -0.4 is 4.74 Å². The molecule has 3 heteroatoms. The van der Waals surface area contributed by atoms with E-state index in [-0.39, 0.29) is 0 Å². The molecule has 3 nitrogen and oxygen atoms in total. The van der Waals surface area contributed by atoms with Gasteiger partial charge in [-0.05, 0) is 38.1 Å². The second kappa shape index (κ2) is 6.06. The third-order valence-corrected chi connectivity index (χ3v) is 3.90. The van der Waals surface area contributed by atoms with Gasteiger partial charge in [-0.2, -0.15) is 0 Å². The van der Waals surface area contributed by atoms with E-state index in [0.29, 0.717) is 12.6 Å². The minimum absolute atomic E-state index is 0.439. The molecular formula is C17H20N2O. The van der Waals surface area contributed by atoms with Gasteiger partial charge in [0.05, 0.1) is 0 Å². The number of hydrogen-bond donors (Lipinski definition) is 0. The maximum atomic E-state index is 5.95. The number of benzene rings is 1. The molecule has 1 aromatic carbocycles. The molecule has 0 spiro atoms. The van der Waals surface area contributed by atoms with Crippen LogP contribution in [0.1, 0.15) is 30.0 Å². The molecule has 0 saturated carbocycles. The van der Waals surface area contributed by atoms with Crippen molar-refractivity contribution in [1.29, 1.82) is 0 Å². The van der Waals surface area contributed by atoms with Crippen LogP contribution in [0.4, 0.5) is 0 Å². The molecule has 2 aromatic rings. The Morgan fingerprint density at radius 1 is 1.20 bits per heavy atom. The van der Waals surface area contributed by atoms with E-state index < -0.39 is 0 Å². The van der Waals surface area contributed by atoms with Crippen LogP contribution in [0.25, 0.3) is 0 Å². The van der Waals surface area contributed by atoms with Crippen molar-refractivity contribution in [3.8, 4) is 5.88 Å². The topological polar surface area (TPSA) is 25.4 Å². The van der Waals surface area contributed by atoms with E-state index in [2.05, 4.69) is 35.1 Å². The van der Waals surface area contributed by atoms with Crippen LogP contribution in [0, 0.1) is 0 Å². The highest BCUT2D eigenvalue weighted by Gasteiger charge is 2.25. The lowest BCUT2D eigenvalue weighted by Gasteiger charge is -2.21. The molecule has 0 unspecified atom stereocenters. The van der Waals surface area contributed by atoms with Gasteiger partial charge >= 0.3 is 0 Å². The van der Waals surface area contributed by atoms with Crippen molar-refractivity contribution in [3.05, 3.63) is 59.8 Å². The molecule has 104 valence electrons. The van der Waals surface area contributed by atoms with Gasteiger partial charge in [0.1, 0.15) is 6.61 Å². The third kappa shape index (κ3) is 2.83. The Bertz CT molecular complexity index is 556. The number of rotatable bonds is 4. The summed E-state index contributed by atoms with van der Waals surface area (Å²) in [6.45, 7) is 1.72. The number of likely N-dealkylation sites (tertiary alicyclic amines) is 1. The molecule has 0 radical (unpaired) electrons. The molecule has 1 fully saturated rings. The van der Waals surface area contributed by atoms with Crippen molar-refractivity contribution in [1.82, 2.24) is 9.88 Å². The Balaban J connectivity index is 1.76. The van der Waals surface area contributed by atoms with Crippen molar-refractivity contribution in [2.45, 2.75) is 25.5 Å². The zero-order valence-electron chi connectivity index (χ0n) is 11.8. The lowest BCUT2D eigenvalue weighted by molar-refractivity contribution is 0.267. The van der Waals surface area contributed by atoms with Gasteiger partial charge < -0.3 is 4.74 Å². The fourth-order valence-electron chi connectivity index (χ4n) is 2.81. The van der Waals surface area contributed by atoms with Crippen molar-refractivity contribution in [3.63, 3.8) is 0 Å². The van der Waals surface area contributed by atoms with Crippen molar-refractivity contribution in [2.24, 2.45) is 0 Å². The summed E-state index contributed by atoms with van der Waals surface area (Å²) in [5.74, 6) is 0.773. The summed E-state index contributed by atoms with van der Waals surface area (Å²) in [6.07, 6.45) is 4.23. The Morgan fingerprint density at radius 3 is 2.80 bits per heavy atom. The highest BCUT2D eigenvalue weighted by atomic mass is 16.5. The zero-order chi connectivity index (χ0) is 13.8. The normalized spacial score (nSPS) is 19.1. The van der Waals surface area contributed by atoms with Crippen molar-refractivity contribution < 1.29 is 4.74 Å². The van der Waals surface area contributed by atoms with Crippen LogP contribution in [-0.4, -0.2) is 23.5 Å². The Morgan fingerprint density at radius 2 is 2.05 bits per heavy atom. The lowest BCUT2D eigenvalue weighted by atomic mass is 10.1. The summed E-state index contributed by atoms with van der Waals surface area (Å²) in [6, 6.07) is 14.8. The van der Waals surface area contributed by atoms with Crippen LogP contribution in [0.5, 0.6) is 5.88 Å². The van der Waals surface area contributed by atoms with Gasteiger partial charge in [-0.1, -0.05) is 36.4 Å². The zero-order valence-corrected chi connectivity index (χ0v) is 11.8. The van der Waals surface area contributed by atoms with Gasteiger partial charge in [0.25, 0.3) is 0 Å². The number of pyridine rings is 1. The third-order valence-electron chi connectivity index (χ3n) is 3.90. The summed E-state index contributed by atoms with van der Waals surface area (Å²) < 4.78 is 5.95. The van der Waals surface area contributed by atoms with Crippen LogP contribution in [0.3, 0.4) is 0 Å². The van der Waals surface area contributed by atoms with Crippen LogP contribution in [0.2, 0.25) is 0 Å². The van der Waals surface area contributed by atoms with E-state index >= 15 is 0 Å². The molecule has 1 atom stereocenters. The predicted molar refractivity (Wildman–Crippen MR) is 79.6 cm³/mol. The average molecular weight is 268 g/mol. The average Bonchev–Trinajstić information content (AvgIpc) is 2.92. The summed E-state index contributed by atoms with van der Waals surface area (Å²) >= 11 is 0. The minimum atomic E-state index is 0.439. The monoisotopic (exact) mass is 268 g/mol. The second-order valence-electron chi connectivity index (χ2n) is 5.31. The number of aromatic nitrogens is 1. The van der Waals surface area contributed by atoms with Crippen molar-refractivity contribution in [2.75, 3.05) is 13.6 Å². The standard InChI is InChI=1S/C17H20N2O/c1-19-12-6-10-16(19)15-9-5-11-18-17(15)20-13-14-7-3-2-4-8-14/h2-5,7-9,11,16H,6,10,12-13H2,1H3/t16-/m0/s1. The Hall–Kier alpha value is -1.87. The molecule has 20 heavy (non-hydrogen) atoms. The van der Waals surface area contributed by atoms with E-state index in [9.17, 15) is 0 Å². The molecule has 1 saturated heterocycles. The minimum Gasteiger partial charge on any atom is -0.473 e. The number of hydrogen-bond acceptors (Lipinski definition) is 3. The van der Waals surface area contributed by atoms with Crippen LogP contribution in [-0.2, 0) is 6.61 Å². The highest BCUT2D eigenvalue weighted by Crippen LogP contribution is 2.34. The van der Waals surface area contributed by atoms with E-state index in [1.807, 2.05) is 24.3 Å². The van der Waals surface area contributed by atoms with Crippen molar-refractivity contribution >= 4 is 0 Å². The first-order valence-electron chi connectivity index (χ1n) is 7.16. The van der Waals surface area contributed by atoms with Gasteiger partial charge in [-0.15, -0.1) is 0 Å². The largest absolute Gasteiger partial charge is 0.473 e. The molecular weight excluding hydrogens is 248 g/mol. The summed E-state index contributed by atoms with van der Waals surface area (Å²) in [5.41, 5.74) is 2.38. The molecule has 0 N–H and O–H groups in total. The first-order chi connectivity index (χ1) is 9.84. The maximum absolute atomic E-state index is 5.95. The second-order valence-corrected chi connectivity index (χ2v) is 5.31. The Labute approximate surface area is 120 Å². The predicted octanol–water partition coefficient (Wildman–Crippen LogP) is 3.43. The van der Waals surface area contributed by atoms with E-state index in [1.165, 1.54) is 24.0 Å². The SMILES string of the molecule is CN1CCC[C@H]1c1cccnc1OCc1ccccc1. The van der Waals surface area contributed by atoms with E-state index in [0.717, 1.165) is 12.4 Å². The molecule has 1 aliphatic heterocycles. The molecule has 3 rings (SSSR count). The molecule has 1 aromatic heterocycles. The molecule has 0 bridgehead atoms. The van der Waals surface area contributed by atoms with Gasteiger partial charge in [-0.3, -0.25) is 4.90 Å². The van der Waals surface area contributed by atoms with Crippen LogP contribution >= 0.6 is 0 Å². The highest BCUT2D eigenvalue weighted by molar-refractivity contribution is 5.30. The summed E-state index contributed by atoms with van der Waals surface area (Å²) in [5, 5.41) is 0. The van der Waals surface area contributed by atoms with Crippen LogP contribution in [0.15, 0.2) is 48.7 Å². The van der Waals surface area contributed by atoms with E-state index in [4.69, 9.17) is 4.74 Å². The number of nitrogens with zero attached hydrogens (tertiary/aromatic N) is 2. The van der Waals surface area contributed by atoms with E-state index in [1.54, 1.807) is 6.20 Å². The fourth-order valence-corrected chi connectivity index (χ4v) is 2.81. The summed E-state index contributed by atoms with van der Waals surface area (Å²) in [7, 11) is 2.17. The fraction of sp³-hybridized carbons (Fsp3) is 0.353. The Kier molecular flexibility index (Phi) is 3.97. The smallest absolute Gasteiger partial charge is 0.218 e. The van der Waals surface area contributed by atoms with Gasteiger partial charge in [0.2, 0.25) is 5.88 Å². The quantitative estimate of drug-likeness (QED) is 0.849. The molecule has 0 aliphatic carbocycles. The lowest BCUT2D eigenvalue weighted by Crippen LogP contribution is -2.18. The maximum Gasteiger partial charge on any atom is 0.218 e.